The van der Waals surface area contributed by atoms with Crippen LogP contribution in [-0.4, -0.2) is 9.97 Å². The summed E-state index contributed by atoms with van der Waals surface area (Å²) in [4.78, 5) is 9.65. The summed E-state index contributed by atoms with van der Waals surface area (Å²) in [6.07, 6.45) is 1.82. The number of hydrogen-bond donors (Lipinski definition) is 0. The van der Waals surface area contributed by atoms with Crippen LogP contribution in [0, 0.1) is 11.3 Å². The number of fused-ring (bicyclic) bond motifs is 6. The smallest absolute Gasteiger partial charge is 0.0998 e. The highest BCUT2D eigenvalue weighted by Crippen LogP contribution is 2.42. The summed E-state index contributed by atoms with van der Waals surface area (Å²) in [7, 11) is 0. The van der Waals surface area contributed by atoms with Crippen LogP contribution in [0.1, 0.15) is 5.56 Å². The summed E-state index contributed by atoms with van der Waals surface area (Å²) in [5, 5.41) is 14.2. The first-order valence-electron chi connectivity index (χ1n) is 11.4. The second kappa shape index (κ2) is 7.73. The molecule has 0 unspecified atom stereocenters. The Bertz CT molecular complexity index is 1980. The maximum absolute atomic E-state index is 9.71. The number of hydrogen-bond acceptors (Lipinski definition) is 4. The lowest BCUT2D eigenvalue weighted by Crippen LogP contribution is -1.89. The van der Waals surface area contributed by atoms with Gasteiger partial charge in [-0.15, -0.1) is 11.3 Å². The average Bonchev–Trinajstić information content (AvgIpc) is 3.31. The molecule has 0 bridgehead atoms. The molecular weight excluding hydrogens is 446 g/mol. The van der Waals surface area contributed by atoms with E-state index in [1.165, 1.54) is 20.2 Å². The Morgan fingerprint density at radius 1 is 0.686 bits per heavy atom. The van der Waals surface area contributed by atoms with E-state index >= 15 is 0 Å². The van der Waals surface area contributed by atoms with Crippen molar-refractivity contribution in [2.75, 3.05) is 0 Å². The Hall–Kier alpha value is -4.59. The van der Waals surface area contributed by atoms with Crippen LogP contribution < -0.4 is 0 Å². The molecule has 4 heteroatoms. The molecule has 3 heterocycles. The van der Waals surface area contributed by atoms with Crippen molar-refractivity contribution in [1.29, 1.82) is 5.26 Å². The van der Waals surface area contributed by atoms with Crippen LogP contribution in [0.3, 0.4) is 0 Å². The van der Waals surface area contributed by atoms with E-state index < -0.39 is 0 Å². The van der Waals surface area contributed by atoms with E-state index in [-0.39, 0.29) is 0 Å². The van der Waals surface area contributed by atoms with Gasteiger partial charge in [-0.05, 0) is 42.0 Å². The number of benzene rings is 4. The molecule has 3 aromatic heterocycles. The lowest BCUT2D eigenvalue weighted by Gasteiger charge is -2.08. The van der Waals surface area contributed by atoms with Crippen LogP contribution in [-0.2, 0) is 0 Å². The minimum Gasteiger partial charge on any atom is -0.254 e. The summed E-state index contributed by atoms with van der Waals surface area (Å²) in [5.74, 6) is 0. The quantitative estimate of drug-likeness (QED) is 0.242. The Kier molecular flexibility index (Phi) is 4.38. The van der Waals surface area contributed by atoms with E-state index in [1.807, 2.05) is 36.5 Å². The maximum atomic E-state index is 9.71. The second-order valence-electron chi connectivity index (χ2n) is 8.56. The Balaban J connectivity index is 1.48. The van der Waals surface area contributed by atoms with E-state index in [2.05, 4.69) is 77.8 Å². The van der Waals surface area contributed by atoms with E-state index in [9.17, 15) is 5.26 Å². The third-order valence-corrected chi connectivity index (χ3v) is 7.70. The van der Waals surface area contributed by atoms with Gasteiger partial charge in [0, 0.05) is 48.3 Å². The molecule has 0 spiro atoms. The lowest BCUT2D eigenvalue weighted by molar-refractivity contribution is 1.37. The van der Waals surface area contributed by atoms with E-state index in [0.717, 1.165) is 44.2 Å². The number of thiophene rings is 1. The van der Waals surface area contributed by atoms with Crippen molar-refractivity contribution in [3.05, 3.63) is 109 Å². The highest BCUT2D eigenvalue weighted by Gasteiger charge is 2.15. The van der Waals surface area contributed by atoms with E-state index in [1.54, 1.807) is 11.3 Å². The van der Waals surface area contributed by atoms with Gasteiger partial charge in [0.2, 0.25) is 0 Å². The molecular formula is C31H17N3S. The number of aromatic nitrogens is 2. The van der Waals surface area contributed by atoms with Crippen molar-refractivity contribution in [3.63, 3.8) is 0 Å². The molecule has 0 saturated heterocycles. The van der Waals surface area contributed by atoms with Gasteiger partial charge in [-0.2, -0.15) is 5.26 Å². The monoisotopic (exact) mass is 463 g/mol. The number of nitriles is 1. The van der Waals surface area contributed by atoms with Crippen LogP contribution in [0.2, 0.25) is 0 Å². The third-order valence-electron chi connectivity index (χ3n) is 6.56. The predicted octanol–water partition coefficient (Wildman–Crippen LogP) is 8.36. The van der Waals surface area contributed by atoms with Gasteiger partial charge in [0.25, 0.3) is 0 Å². The molecule has 0 radical (unpaired) electrons. The Morgan fingerprint density at radius 3 is 2.43 bits per heavy atom. The third kappa shape index (κ3) is 3.10. The highest BCUT2D eigenvalue weighted by molar-refractivity contribution is 7.26. The standard InChI is InChI=1S/C31H17N3S/c32-18-22-5-1-2-7-23(22)24-8-3-9-28-29(24)25-17-21(13-15-27(25)35-28)26-14-12-20-11-10-19-6-4-16-33-30(19)31(20)34-26/h1-17H. The van der Waals surface area contributed by atoms with Gasteiger partial charge in [0.05, 0.1) is 28.4 Å². The molecule has 7 aromatic rings. The molecule has 0 fully saturated rings. The van der Waals surface area contributed by atoms with Crippen LogP contribution in [0.15, 0.2) is 103 Å². The van der Waals surface area contributed by atoms with Crippen LogP contribution in [0.4, 0.5) is 0 Å². The molecule has 4 aromatic carbocycles. The second-order valence-corrected chi connectivity index (χ2v) is 9.64. The van der Waals surface area contributed by atoms with Crippen molar-refractivity contribution in [1.82, 2.24) is 9.97 Å². The first-order chi connectivity index (χ1) is 17.3. The van der Waals surface area contributed by atoms with Crippen molar-refractivity contribution >= 4 is 53.3 Å². The summed E-state index contributed by atoms with van der Waals surface area (Å²) >= 11 is 1.78. The van der Waals surface area contributed by atoms with Crippen molar-refractivity contribution < 1.29 is 0 Å². The maximum Gasteiger partial charge on any atom is 0.0998 e. The van der Waals surface area contributed by atoms with Crippen molar-refractivity contribution in [2.24, 2.45) is 0 Å². The fraction of sp³-hybridized carbons (Fsp3) is 0. The van der Waals surface area contributed by atoms with Crippen molar-refractivity contribution in [2.45, 2.75) is 0 Å². The molecule has 0 saturated carbocycles. The normalized spacial score (nSPS) is 11.4. The summed E-state index contributed by atoms with van der Waals surface area (Å²) in [6.45, 7) is 0. The fourth-order valence-corrected chi connectivity index (χ4v) is 6.02. The minimum atomic E-state index is 0.686. The highest BCUT2D eigenvalue weighted by atomic mass is 32.1. The van der Waals surface area contributed by atoms with Gasteiger partial charge in [-0.1, -0.05) is 60.7 Å². The van der Waals surface area contributed by atoms with Gasteiger partial charge >= 0.3 is 0 Å². The lowest BCUT2D eigenvalue weighted by atomic mass is 9.95. The molecule has 35 heavy (non-hydrogen) atoms. The molecule has 7 rings (SSSR count). The summed E-state index contributed by atoms with van der Waals surface area (Å²) < 4.78 is 2.43. The van der Waals surface area contributed by atoms with Crippen LogP contribution >= 0.6 is 11.3 Å². The molecule has 0 atom stereocenters. The molecule has 0 aliphatic rings. The Morgan fingerprint density at radius 2 is 1.51 bits per heavy atom. The molecule has 0 aliphatic heterocycles. The summed E-state index contributed by atoms with van der Waals surface area (Å²) in [6, 6.07) is 35.5. The average molecular weight is 464 g/mol. The first kappa shape index (κ1) is 19.8. The number of pyridine rings is 2. The van der Waals surface area contributed by atoms with Gasteiger partial charge in [0.15, 0.2) is 0 Å². The zero-order chi connectivity index (χ0) is 23.4. The van der Waals surface area contributed by atoms with Crippen LogP contribution in [0.25, 0.3) is 64.4 Å². The van der Waals surface area contributed by atoms with Gasteiger partial charge in [-0.3, -0.25) is 4.98 Å². The van der Waals surface area contributed by atoms with E-state index in [0.29, 0.717) is 5.56 Å². The fourth-order valence-electron chi connectivity index (χ4n) is 4.91. The van der Waals surface area contributed by atoms with E-state index in [4.69, 9.17) is 4.98 Å². The summed E-state index contributed by atoms with van der Waals surface area (Å²) in [5.41, 5.74) is 6.56. The first-order valence-corrected chi connectivity index (χ1v) is 12.2. The molecule has 0 N–H and O–H groups in total. The van der Waals surface area contributed by atoms with Gasteiger partial charge in [-0.25, -0.2) is 4.98 Å². The zero-order valence-corrected chi connectivity index (χ0v) is 19.4. The van der Waals surface area contributed by atoms with Crippen molar-refractivity contribution in [3.8, 4) is 28.5 Å². The zero-order valence-electron chi connectivity index (χ0n) is 18.6. The predicted molar refractivity (Wildman–Crippen MR) is 146 cm³/mol. The molecule has 3 nitrogen and oxygen atoms in total. The van der Waals surface area contributed by atoms with Gasteiger partial charge < -0.3 is 0 Å². The number of nitrogens with zero attached hydrogens (tertiary/aromatic N) is 3. The van der Waals surface area contributed by atoms with Crippen LogP contribution in [0.5, 0.6) is 0 Å². The number of rotatable bonds is 2. The molecule has 0 amide bonds. The topological polar surface area (TPSA) is 49.6 Å². The molecule has 0 aliphatic carbocycles. The minimum absolute atomic E-state index is 0.686. The Labute approximate surface area is 205 Å². The largest absolute Gasteiger partial charge is 0.254 e. The van der Waals surface area contributed by atoms with Gasteiger partial charge in [0.1, 0.15) is 0 Å². The molecule has 162 valence electrons. The SMILES string of the molecule is N#Cc1ccccc1-c1cccc2sc3ccc(-c4ccc5ccc6cccnc6c5n4)cc3c12.